The van der Waals surface area contributed by atoms with Gasteiger partial charge in [-0.25, -0.2) is 14.8 Å². The minimum absolute atomic E-state index is 0.00181. The minimum atomic E-state index is -1.32. The molecule has 0 unspecified atom stereocenters. The van der Waals surface area contributed by atoms with Crippen LogP contribution < -0.4 is 33.0 Å². The summed E-state index contributed by atoms with van der Waals surface area (Å²) in [4.78, 5) is 79.3. The van der Waals surface area contributed by atoms with Gasteiger partial charge in [-0.1, -0.05) is 68.4 Å². The van der Waals surface area contributed by atoms with E-state index in [1.165, 1.54) is 21.9 Å². The number of hydrogen-bond acceptors (Lipinski definition) is 13. The van der Waals surface area contributed by atoms with Gasteiger partial charge in [0.2, 0.25) is 17.8 Å². The Labute approximate surface area is 358 Å². The van der Waals surface area contributed by atoms with Crippen LogP contribution >= 0.6 is 0 Å². The van der Waals surface area contributed by atoms with Gasteiger partial charge in [0.1, 0.15) is 24.6 Å². The monoisotopic (exact) mass is 859 g/mol. The number of carbonyl (C=O) groups excluding carboxylic acids is 4. The number of aliphatic hydroxyl groups is 3. The van der Waals surface area contributed by atoms with E-state index in [1.807, 2.05) is 77.1 Å². The average molecular weight is 860 g/mol. The van der Waals surface area contributed by atoms with Crippen molar-refractivity contribution in [2.45, 2.75) is 84.0 Å². The Morgan fingerprint density at radius 3 is 2.26 bits per heavy atom. The van der Waals surface area contributed by atoms with Crippen LogP contribution in [0.15, 0.2) is 77.9 Å². The van der Waals surface area contributed by atoms with E-state index in [2.05, 4.69) is 35.9 Å². The Morgan fingerprint density at radius 1 is 0.935 bits per heavy atom. The molecule has 0 bridgehead atoms. The Bertz CT molecular complexity index is 2330. The van der Waals surface area contributed by atoms with Crippen LogP contribution in [-0.4, -0.2) is 125 Å². The van der Waals surface area contributed by atoms with Crippen molar-refractivity contribution in [3.05, 3.63) is 94.7 Å². The number of H-pyrrole nitrogens is 1. The molecule has 0 saturated heterocycles. The van der Waals surface area contributed by atoms with Crippen LogP contribution in [0.3, 0.4) is 0 Å². The van der Waals surface area contributed by atoms with E-state index < -0.39 is 59.5 Å². The molecule has 0 radical (unpaired) electrons. The predicted molar refractivity (Wildman–Crippen MR) is 231 cm³/mol. The van der Waals surface area contributed by atoms with Gasteiger partial charge in [-0.2, -0.15) is 4.98 Å². The van der Waals surface area contributed by atoms with Crippen LogP contribution in [0.1, 0.15) is 57.1 Å². The molecule has 5 rings (SSSR count). The van der Waals surface area contributed by atoms with Crippen LogP contribution in [0.25, 0.3) is 22.1 Å². The number of imidazole rings is 1. The third-order valence-electron chi connectivity index (χ3n) is 9.06. The van der Waals surface area contributed by atoms with Crippen molar-refractivity contribution in [3.63, 3.8) is 0 Å². The van der Waals surface area contributed by atoms with Gasteiger partial charge in [-0.3, -0.25) is 28.7 Å². The lowest BCUT2D eigenvalue weighted by molar-refractivity contribution is -0.128. The highest BCUT2D eigenvalue weighted by Crippen LogP contribution is 2.14. The van der Waals surface area contributed by atoms with Crippen molar-refractivity contribution in [1.29, 1.82) is 0 Å². The summed E-state index contributed by atoms with van der Waals surface area (Å²) in [6.45, 7) is 9.24. The Hall–Kier alpha value is -6.48. The molecule has 0 aliphatic rings. The highest BCUT2D eigenvalue weighted by atomic mass is 16.5. The number of hydrogen-bond donors (Lipinski definition) is 9. The van der Waals surface area contributed by atoms with Gasteiger partial charge in [0.25, 0.3) is 11.5 Å². The molecule has 0 aliphatic heterocycles. The number of primary amides is 1. The van der Waals surface area contributed by atoms with Crippen LogP contribution in [0, 0.1) is 5.92 Å². The van der Waals surface area contributed by atoms with E-state index in [4.69, 9.17) is 26.4 Å². The van der Waals surface area contributed by atoms with Crippen LogP contribution in [0.4, 0.5) is 10.7 Å². The number of anilines is 1. The fraction of sp³-hybridized carbons (Fsp3) is 0.429. The first-order valence-electron chi connectivity index (χ1n) is 20.0. The van der Waals surface area contributed by atoms with Crippen molar-refractivity contribution in [2.24, 2.45) is 11.7 Å². The largest absolute Gasteiger partial charge is 0.394 e. The van der Waals surface area contributed by atoms with Crippen LogP contribution in [-0.2, 0) is 27.5 Å². The number of nitrogen functional groups attached to an aromatic ring is 1. The van der Waals surface area contributed by atoms with Gasteiger partial charge in [0, 0.05) is 17.5 Å². The molecule has 334 valence electrons. The number of benzene rings is 2. The lowest BCUT2D eigenvalue weighted by Crippen LogP contribution is -2.57. The van der Waals surface area contributed by atoms with Crippen molar-refractivity contribution in [1.82, 2.24) is 45.4 Å². The number of ether oxygens (including phenoxy) is 1. The zero-order valence-corrected chi connectivity index (χ0v) is 35.4. The number of carbonyl (C=O) groups is 4. The van der Waals surface area contributed by atoms with Gasteiger partial charge < -0.3 is 52.4 Å². The molecule has 0 saturated carbocycles. The van der Waals surface area contributed by atoms with E-state index >= 15 is 0 Å². The summed E-state index contributed by atoms with van der Waals surface area (Å²) in [6, 6.07) is 17.3. The maximum Gasteiger partial charge on any atom is 0.317 e. The molecular formula is C42H57N11O9. The molecule has 11 N–H and O–H groups in total. The maximum atomic E-state index is 13.6. The van der Waals surface area contributed by atoms with Crippen molar-refractivity contribution >= 4 is 51.8 Å². The fourth-order valence-corrected chi connectivity index (χ4v) is 6.12. The molecule has 0 fully saturated rings. The van der Waals surface area contributed by atoms with E-state index in [0.29, 0.717) is 12.1 Å². The molecule has 3 aromatic heterocycles. The number of nitrogens with one attached hydrogen (secondary N) is 4. The van der Waals surface area contributed by atoms with E-state index in [-0.39, 0.29) is 67.7 Å². The van der Waals surface area contributed by atoms with Gasteiger partial charge in [0.05, 0.1) is 50.2 Å². The highest BCUT2D eigenvalue weighted by molar-refractivity contribution is 5.99. The number of nitrogens with zero attached hydrogens (tertiary/aromatic N) is 5. The first kappa shape index (κ1) is 48.2. The molecule has 62 heavy (non-hydrogen) atoms. The van der Waals surface area contributed by atoms with Crippen molar-refractivity contribution < 1.29 is 39.2 Å². The Morgan fingerprint density at radius 2 is 1.61 bits per heavy atom. The second-order valence-corrected chi connectivity index (χ2v) is 16.1. The maximum absolute atomic E-state index is 13.6. The van der Waals surface area contributed by atoms with E-state index in [0.717, 1.165) is 10.9 Å². The Kier molecular flexibility index (Phi) is 17.4. The molecule has 5 amide bonds. The Balaban J connectivity index is 0.000000388. The quantitative estimate of drug-likeness (QED) is 0.0590. The molecule has 0 spiro atoms. The number of pyridine rings is 1. The summed E-state index contributed by atoms with van der Waals surface area (Å²) >= 11 is 0. The smallest absolute Gasteiger partial charge is 0.317 e. The van der Waals surface area contributed by atoms with E-state index in [9.17, 15) is 29.1 Å². The summed E-state index contributed by atoms with van der Waals surface area (Å²) in [5.74, 6) is -2.05. The minimum Gasteiger partial charge on any atom is -0.394 e. The lowest BCUT2D eigenvalue weighted by atomic mass is 9.99. The van der Waals surface area contributed by atoms with Gasteiger partial charge in [-0.05, 0) is 50.8 Å². The van der Waals surface area contributed by atoms with E-state index in [1.54, 1.807) is 18.2 Å². The lowest BCUT2D eigenvalue weighted by Gasteiger charge is -2.34. The predicted octanol–water partition coefficient (Wildman–Crippen LogP) is 0.792. The molecule has 20 heteroatoms. The van der Waals surface area contributed by atoms with Crippen molar-refractivity contribution in [2.75, 3.05) is 32.0 Å². The van der Waals surface area contributed by atoms with Crippen LogP contribution in [0.2, 0.25) is 0 Å². The first-order valence-corrected chi connectivity index (χ1v) is 20.0. The molecular weight excluding hydrogens is 803 g/mol. The number of aromatic amines is 1. The zero-order valence-electron chi connectivity index (χ0n) is 35.4. The molecule has 3 heterocycles. The third kappa shape index (κ3) is 14.6. The summed E-state index contributed by atoms with van der Waals surface area (Å²) < 4.78 is 6.66. The average Bonchev–Trinajstić information content (AvgIpc) is 3.62. The molecule has 2 aromatic carbocycles. The van der Waals surface area contributed by atoms with Crippen molar-refractivity contribution in [3.8, 4) is 0 Å². The molecule has 0 aliphatic carbocycles. The van der Waals surface area contributed by atoms with Crippen LogP contribution in [0.5, 0.6) is 0 Å². The number of aromatic nitrogens is 5. The zero-order chi connectivity index (χ0) is 45.6. The first-order chi connectivity index (χ1) is 29.4. The fourth-order valence-electron chi connectivity index (χ4n) is 6.12. The number of fused-ring (bicyclic) bond motifs is 2. The normalized spacial score (nSPS) is 12.9. The number of aliphatic hydroxyl groups excluding tert-OH is 3. The number of urea groups is 1. The van der Waals surface area contributed by atoms with Gasteiger partial charge in [0.15, 0.2) is 11.2 Å². The summed E-state index contributed by atoms with van der Waals surface area (Å²) in [5.41, 5.74) is 11.9. The second kappa shape index (κ2) is 22.4. The summed E-state index contributed by atoms with van der Waals surface area (Å²) in [6.07, 6.45) is -0.740. The summed E-state index contributed by atoms with van der Waals surface area (Å²) in [7, 11) is 0. The SMILES string of the molecule is CC(C)CN(C[C@@H](O)[C@H](Cc1ccccc1)NC(=O)[C@H](CC(N)=O)NC(=O)c1ccc2ccccc2n1)C(=O)NC(C)(C)C.Nc1nc2c(ncn2COC(CO)CO)c(=O)[nH]1. The number of amides is 5. The molecule has 20 nitrogen and oxygen atoms in total. The second-order valence-electron chi connectivity index (χ2n) is 16.1. The topological polar surface area (TPSA) is 306 Å². The standard InChI is InChI=1S/C33H44N6O5.C9H13N5O4/c1-21(2)19-39(32(44)38-33(3,4)5)20-28(40)26(17-22-11-7-6-8-12-22)36-31(43)27(18-29(34)41)37-30(42)25-16-15-23-13-9-10-14-24(23)35-25;10-9-12-7-6(8(17)13-9)11-3-14(7)4-18-5(1-15)2-16/h6-16,21,26-28,40H,17-20H2,1-5H3,(H2,34,41)(H,36,43)(H,37,42)(H,38,44);3,5,15-16H,1-2,4H2,(H3,10,12,13,17)/t26-,27-,28+;/m0./s1. The van der Waals surface area contributed by atoms with Gasteiger partial charge >= 0.3 is 6.03 Å². The molecule has 3 atom stereocenters. The number of nitrogens with two attached hydrogens (primary N) is 2. The number of para-hydroxylation sites is 1. The third-order valence-corrected chi connectivity index (χ3v) is 9.06. The highest BCUT2D eigenvalue weighted by Gasteiger charge is 2.31. The van der Waals surface area contributed by atoms with Gasteiger partial charge in [-0.15, -0.1) is 0 Å². The number of rotatable bonds is 18. The summed E-state index contributed by atoms with van der Waals surface area (Å²) in [5, 5.41) is 38.3. The molecule has 5 aromatic rings.